The van der Waals surface area contributed by atoms with E-state index in [1.807, 2.05) is 0 Å². The highest BCUT2D eigenvalue weighted by Gasteiger charge is 2.11. The van der Waals surface area contributed by atoms with Crippen molar-refractivity contribution >= 4 is 40.9 Å². The molecular formula is C21H24N2O6S. The topological polar surface area (TPSA) is 103 Å². The summed E-state index contributed by atoms with van der Waals surface area (Å²) in [5, 5.41) is 5.46. The van der Waals surface area contributed by atoms with Crippen molar-refractivity contribution in [3.8, 4) is 11.5 Å². The highest BCUT2D eigenvalue weighted by Crippen LogP contribution is 2.29. The van der Waals surface area contributed by atoms with E-state index in [1.54, 1.807) is 49.4 Å². The van der Waals surface area contributed by atoms with Gasteiger partial charge in [-0.3, -0.25) is 9.59 Å². The number of amides is 2. The summed E-state index contributed by atoms with van der Waals surface area (Å²) in [7, 11) is 3.04. The van der Waals surface area contributed by atoms with Crippen LogP contribution in [0.4, 0.5) is 11.4 Å². The van der Waals surface area contributed by atoms with E-state index in [9.17, 15) is 14.4 Å². The van der Waals surface area contributed by atoms with Crippen LogP contribution in [0, 0.1) is 0 Å². The monoisotopic (exact) mass is 432 g/mol. The molecule has 9 heteroatoms. The van der Waals surface area contributed by atoms with Gasteiger partial charge in [0, 0.05) is 11.8 Å². The second kappa shape index (κ2) is 11.7. The summed E-state index contributed by atoms with van der Waals surface area (Å²) in [5.41, 5.74) is 1.46. The average molecular weight is 432 g/mol. The largest absolute Gasteiger partial charge is 0.497 e. The van der Waals surface area contributed by atoms with Crippen LogP contribution in [0.3, 0.4) is 0 Å². The van der Waals surface area contributed by atoms with Crippen LogP contribution in [-0.2, 0) is 14.3 Å². The smallest absolute Gasteiger partial charge is 0.338 e. The van der Waals surface area contributed by atoms with Crippen molar-refractivity contribution in [1.29, 1.82) is 0 Å². The van der Waals surface area contributed by atoms with Crippen LogP contribution >= 0.6 is 11.8 Å². The molecule has 2 N–H and O–H groups in total. The van der Waals surface area contributed by atoms with Gasteiger partial charge in [-0.15, -0.1) is 11.8 Å². The second-order valence-electron chi connectivity index (χ2n) is 5.95. The van der Waals surface area contributed by atoms with Crippen molar-refractivity contribution in [2.75, 3.05) is 43.0 Å². The Morgan fingerprint density at radius 1 is 0.900 bits per heavy atom. The molecule has 0 saturated carbocycles. The van der Waals surface area contributed by atoms with Crippen molar-refractivity contribution in [2.24, 2.45) is 0 Å². The minimum atomic E-state index is -0.412. The van der Waals surface area contributed by atoms with Gasteiger partial charge in [-0.25, -0.2) is 4.79 Å². The average Bonchev–Trinajstić information content (AvgIpc) is 2.74. The molecule has 160 valence electrons. The molecule has 2 aromatic rings. The number of nitrogens with one attached hydrogen (secondary N) is 2. The zero-order valence-corrected chi connectivity index (χ0v) is 17.8. The number of esters is 1. The van der Waals surface area contributed by atoms with Crippen molar-refractivity contribution in [2.45, 2.75) is 6.92 Å². The molecule has 0 atom stereocenters. The number of ether oxygens (including phenoxy) is 3. The standard InChI is InChI=1S/C21H24N2O6S/c1-4-29-21(26)14-5-7-15(8-6-14)22-19(24)12-30-13-20(25)23-17-11-16(27-2)9-10-18(17)28-3/h5-11H,4,12-13H2,1-3H3,(H,22,24)(H,23,25). The maximum absolute atomic E-state index is 12.2. The number of anilines is 2. The van der Waals surface area contributed by atoms with Gasteiger partial charge in [0.25, 0.3) is 0 Å². The fourth-order valence-corrected chi connectivity index (χ4v) is 3.05. The minimum Gasteiger partial charge on any atom is -0.497 e. The third-order valence-corrected chi connectivity index (χ3v) is 4.76. The molecule has 2 amide bonds. The Balaban J connectivity index is 1.79. The lowest BCUT2D eigenvalue weighted by molar-refractivity contribution is -0.114. The van der Waals surface area contributed by atoms with Crippen molar-refractivity contribution < 1.29 is 28.6 Å². The summed E-state index contributed by atoms with van der Waals surface area (Å²) in [5.74, 6) is 0.362. The zero-order valence-electron chi connectivity index (χ0n) is 17.0. The number of hydrogen-bond acceptors (Lipinski definition) is 7. The van der Waals surface area contributed by atoms with Gasteiger partial charge in [-0.1, -0.05) is 0 Å². The van der Waals surface area contributed by atoms with Crippen molar-refractivity contribution in [3.05, 3.63) is 48.0 Å². The van der Waals surface area contributed by atoms with E-state index in [0.717, 1.165) is 0 Å². The number of carbonyl (C=O) groups is 3. The molecule has 0 aromatic heterocycles. The van der Waals surface area contributed by atoms with E-state index >= 15 is 0 Å². The molecule has 0 spiro atoms. The Kier molecular flexibility index (Phi) is 9.02. The van der Waals surface area contributed by atoms with E-state index in [0.29, 0.717) is 35.0 Å². The van der Waals surface area contributed by atoms with E-state index in [2.05, 4.69) is 10.6 Å². The predicted molar refractivity (Wildman–Crippen MR) is 117 cm³/mol. The highest BCUT2D eigenvalue weighted by molar-refractivity contribution is 8.00. The van der Waals surface area contributed by atoms with Gasteiger partial charge in [-0.05, 0) is 43.3 Å². The third kappa shape index (κ3) is 7.00. The fourth-order valence-electron chi connectivity index (χ4n) is 2.44. The molecule has 0 aliphatic rings. The lowest BCUT2D eigenvalue weighted by Gasteiger charge is -2.11. The maximum atomic E-state index is 12.2. The van der Waals surface area contributed by atoms with Gasteiger partial charge in [0.1, 0.15) is 11.5 Å². The van der Waals surface area contributed by atoms with E-state index in [-0.39, 0.29) is 23.3 Å². The van der Waals surface area contributed by atoms with E-state index < -0.39 is 5.97 Å². The number of benzene rings is 2. The molecule has 30 heavy (non-hydrogen) atoms. The molecule has 0 heterocycles. The number of thioether (sulfide) groups is 1. The molecule has 2 aromatic carbocycles. The zero-order chi connectivity index (χ0) is 21.9. The molecule has 8 nitrogen and oxygen atoms in total. The molecule has 0 bridgehead atoms. The SMILES string of the molecule is CCOC(=O)c1ccc(NC(=O)CSCC(=O)Nc2cc(OC)ccc2OC)cc1. The summed E-state index contributed by atoms with van der Waals surface area (Å²) in [4.78, 5) is 35.9. The molecule has 0 aliphatic carbocycles. The first-order valence-electron chi connectivity index (χ1n) is 9.13. The first-order valence-corrected chi connectivity index (χ1v) is 10.3. The number of rotatable bonds is 10. The van der Waals surface area contributed by atoms with Crippen LogP contribution in [0.2, 0.25) is 0 Å². The van der Waals surface area contributed by atoms with Crippen LogP contribution in [0.1, 0.15) is 17.3 Å². The van der Waals surface area contributed by atoms with Crippen LogP contribution in [0.5, 0.6) is 11.5 Å². The Bertz CT molecular complexity index is 886. The minimum absolute atomic E-state index is 0.0928. The van der Waals surface area contributed by atoms with Gasteiger partial charge in [0.05, 0.1) is 43.6 Å². The van der Waals surface area contributed by atoms with Crippen LogP contribution in [0.25, 0.3) is 0 Å². The van der Waals surface area contributed by atoms with Crippen LogP contribution in [0.15, 0.2) is 42.5 Å². The Hall–Kier alpha value is -3.20. The van der Waals surface area contributed by atoms with Gasteiger partial charge in [0.15, 0.2) is 0 Å². The highest BCUT2D eigenvalue weighted by atomic mass is 32.2. The first-order chi connectivity index (χ1) is 14.5. The van der Waals surface area contributed by atoms with Crippen molar-refractivity contribution in [3.63, 3.8) is 0 Å². The summed E-state index contributed by atoms with van der Waals surface area (Å²) in [6, 6.07) is 11.5. The predicted octanol–water partition coefficient (Wildman–Crippen LogP) is 3.19. The maximum Gasteiger partial charge on any atom is 0.338 e. The van der Waals surface area contributed by atoms with Gasteiger partial charge in [0.2, 0.25) is 11.8 Å². The molecule has 2 rings (SSSR count). The number of carbonyl (C=O) groups excluding carboxylic acids is 3. The quantitative estimate of drug-likeness (QED) is 0.556. The summed E-state index contributed by atoms with van der Waals surface area (Å²) in [6.07, 6.45) is 0. The first kappa shape index (κ1) is 23.1. The molecular weight excluding hydrogens is 408 g/mol. The van der Waals surface area contributed by atoms with Crippen molar-refractivity contribution in [1.82, 2.24) is 0 Å². The van der Waals surface area contributed by atoms with E-state index in [1.165, 1.54) is 26.0 Å². The second-order valence-corrected chi connectivity index (χ2v) is 6.94. The normalized spacial score (nSPS) is 10.1. The van der Waals surface area contributed by atoms with Crippen LogP contribution in [-0.4, -0.2) is 50.1 Å². The third-order valence-electron chi connectivity index (χ3n) is 3.83. The molecule has 0 fully saturated rings. The van der Waals surface area contributed by atoms with Gasteiger partial charge < -0.3 is 24.8 Å². The molecule has 0 saturated heterocycles. The molecule has 0 radical (unpaired) electrons. The summed E-state index contributed by atoms with van der Waals surface area (Å²) < 4.78 is 15.3. The van der Waals surface area contributed by atoms with E-state index in [4.69, 9.17) is 14.2 Å². The lowest BCUT2D eigenvalue weighted by atomic mass is 10.2. The summed E-state index contributed by atoms with van der Waals surface area (Å²) >= 11 is 1.18. The molecule has 0 unspecified atom stereocenters. The Morgan fingerprint density at radius 2 is 1.57 bits per heavy atom. The molecule has 0 aliphatic heterocycles. The Morgan fingerprint density at radius 3 is 2.17 bits per heavy atom. The lowest BCUT2D eigenvalue weighted by Crippen LogP contribution is -2.18. The van der Waals surface area contributed by atoms with Gasteiger partial charge in [-0.2, -0.15) is 0 Å². The van der Waals surface area contributed by atoms with Gasteiger partial charge >= 0.3 is 5.97 Å². The number of methoxy groups -OCH3 is 2. The number of hydrogen-bond donors (Lipinski definition) is 2. The Labute approximate surface area is 179 Å². The summed E-state index contributed by atoms with van der Waals surface area (Å²) in [6.45, 7) is 2.03. The fraction of sp³-hybridized carbons (Fsp3) is 0.286. The van der Waals surface area contributed by atoms with Crippen LogP contribution < -0.4 is 20.1 Å².